The lowest BCUT2D eigenvalue weighted by atomic mass is 10.0. The highest BCUT2D eigenvalue weighted by atomic mass is 16.5. The van der Waals surface area contributed by atoms with E-state index in [0.29, 0.717) is 6.61 Å². The van der Waals surface area contributed by atoms with Crippen molar-refractivity contribution >= 4 is 16.7 Å². The first-order chi connectivity index (χ1) is 10.3. The fourth-order valence-electron chi connectivity index (χ4n) is 2.57. The summed E-state index contributed by atoms with van der Waals surface area (Å²) in [5.74, 6) is -0.175. The van der Waals surface area contributed by atoms with Crippen LogP contribution in [0.5, 0.6) is 0 Å². The Morgan fingerprint density at radius 1 is 0.905 bits per heavy atom. The minimum Gasteiger partial charge on any atom is -0.466 e. The van der Waals surface area contributed by atoms with Gasteiger partial charge in [-0.1, -0.05) is 61.7 Å². The van der Waals surface area contributed by atoms with Gasteiger partial charge in [0.1, 0.15) is 0 Å². The van der Waals surface area contributed by atoms with Crippen LogP contribution in [0.3, 0.4) is 0 Å². The molecule has 0 amide bonds. The maximum atomic E-state index is 10.6. The van der Waals surface area contributed by atoms with Crippen molar-refractivity contribution in [1.29, 1.82) is 0 Å². The molecule has 0 aliphatic rings. The molecule has 0 unspecified atom stereocenters. The number of hydrogen-bond donors (Lipinski definition) is 0. The maximum absolute atomic E-state index is 10.6. The maximum Gasteiger partial charge on any atom is 0.302 e. The van der Waals surface area contributed by atoms with E-state index in [1.807, 2.05) is 0 Å². The molecule has 112 valence electrons. The number of hydrogen-bond acceptors (Lipinski definition) is 2. The van der Waals surface area contributed by atoms with Crippen LogP contribution in [-0.4, -0.2) is 12.6 Å². The second-order valence-electron chi connectivity index (χ2n) is 5.54. The zero-order valence-electron chi connectivity index (χ0n) is 12.8. The van der Waals surface area contributed by atoms with Gasteiger partial charge in [-0.25, -0.2) is 0 Å². The molecule has 0 bridgehead atoms. The average Bonchev–Trinajstić information content (AvgIpc) is 2.49. The first kappa shape index (κ1) is 15.6. The van der Waals surface area contributed by atoms with E-state index in [4.69, 9.17) is 4.74 Å². The van der Waals surface area contributed by atoms with Gasteiger partial charge in [-0.05, 0) is 35.6 Å². The summed E-state index contributed by atoms with van der Waals surface area (Å²) in [6.07, 6.45) is 6.96. The minimum atomic E-state index is -0.175. The minimum absolute atomic E-state index is 0.175. The van der Waals surface area contributed by atoms with Crippen molar-refractivity contribution in [3.05, 3.63) is 48.0 Å². The van der Waals surface area contributed by atoms with Crippen molar-refractivity contribution in [3.63, 3.8) is 0 Å². The summed E-state index contributed by atoms with van der Waals surface area (Å²) in [6.45, 7) is 2.03. The van der Waals surface area contributed by atoms with Gasteiger partial charge >= 0.3 is 5.97 Å². The van der Waals surface area contributed by atoms with E-state index < -0.39 is 0 Å². The van der Waals surface area contributed by atoms with E-state index in [1.54, 1.807) is 0 Å². The number of rotatable bonds is 8. The molecule has 0 aliphatic heterocycles. The fraction of sp³-hybridized carbons (Fsp3) is 0.421. The summed E-state index contributed by atoms with van der Waals surface area (Å²) < 4.78 is 4.92. The van der Waals surface area contributed by atoms with Crippen LogP contribution in [-0.2, 0) is 16.0 Å². The van der Waals surface area contributed by atoms with Crippen LogP contribution < -0.4 is 0 Å². The standard InChI is InChI=1S/C19H24O2/c1-16(20)21-14-8-4-2-3-5-9-17-12-13-18-10-6-7-11-19(18)15-17/h6-7,10-13,15H,2-5,8-9,14H2,1H3. The van der Waals surface area contributed by atoms with E-state index in [0.717, 1.165) is 19.3 Å². The monoisotopic (exact) mass is 284 g/mol. The molecule has 0 fully saturated rings. The molecule has 2 rings (SSSR count). The highest BCUT2D eigenvalue weighted by Gasteiger charge is 1.98. The Balaban J connectivity index is 1.62. The van der Waals surface area contributed by atoms with E-state index in [2.05, 4.69) is 42.5 Å². The summed E-state index contributed by atoms with van der Waals surface area (Å²) >= 11 is 0. The van der Waals surface area contributed by atoms with Gasteiger partial charge in [-0.15, -0.1) is 0 Å². The molecule has 0 atom stereocenters. The Bertz CT molecular complexity index is 575. The Morgan fingerprint density at radius 2 is 1.62 bits per heavy atom. The third-order valence-corrected chi connectivity index (χ3v) is 3.73. The lowest BCUT2D eigenvalue weighted by Gasteiger charge is -2.05. The second kappa shape index (κ2) is 8.46. The van der Waals surface area contributed by atoms with Crippen molar-refractivity contribution in [2.75, 3.05) is 6.61 Å². The van der Waals surface area contributed by atoms with Crippen LogP contribution in [0.15, 0.2) is 42.5 Å². The van der Waals surface area contributed by atoms with E-state index in [-0.39, 0.29) is 5.97 Å². The van der Waals surface area contributed by atoms with Crippen molar-refractivity contribution in [1.82, 2.24) is 0 Å². The zero-order valence-corrected chi connectivity index (χ0v) is 12.8. The van der Waals surface area contributed by atoms with Crippen molar-refractivity contribution < 1.29 is 9.53 Å². The quantitative estimate of drug-likeness (QED) is 0.509. The molecule has 0 aromatic heterocycles. The van der Waals surface area contributed by atoms with Crippen molar-refractivity contribution in [2.45, 2.75) is 45.4 Å². The van der Waals surface area contributed by atoms with Crippen LogP contribution >= 0.6 is 0 Å². The van der Waals surface area contributed by atoms with Gasteiger partial charge in [0.05, 0.1) is 6.61 Å². The van der Waals surface area contributed by atoms with Gasteiger partial charge in [0, 0.05) is 6.92 Å². The van der Waals surface area contributed by atoms with E-state index in [9.17, 15) is 4.79 Å². The van der Waals surface area contributed by atoms with Gasteiger partial charge < -0.3 is 4.74 Å². The SMILES string of the molecule is CC(=O)OCCCCCCCc1ccc2ccccc2c1. The number of carbonyl (C=O) groups excluding carboxylic acids is 1. The van der Waals surface area contributed by atoms with E-state index in [1.165, 1.54) is 42.5 Å². The highest BCUT2D eigenvalue weighted by Crippen LogP contribution is 2.17. The highest BCUT2D eigenvalue weighted by molar-refractivity contribution is 5.82. The van der Waals surface area contributed by atoms with E-state index >= 15 is 0 Å². The Morgan fingerprint density at radius 3 is 2.43 bits per heavy atom. The fourth-order valence-corrected chi connectivity index (χ4v) is 2.57. The number of fused-ring (bicyclic) bond motifs is 1. The van der Waals surface area contributed by atoms with Crippen LogP contribution in [0.2, 0.25) is 0 Å². The first-order valence-electron chi connectivity index (χ1n) is 7.87. The molecule has 0 radical (unpaired) electrons. The number of ether oxygens (including phenoxy) is 1. The smallest absolute Gasteiger partial charge is 0.302 e. The van der Waals surface area contributed by atoms with Crippen LogP contribution in [0.1, 0.15) is 44.6 Å². The molecule has 2 nitrogen and oxygen atoms in total. The number of unbranched alkanes of at least 4 members (excludes halogenated alkanes) is 4. The average molecular weight is 284 g/mol. The molecule has 0 heterocycles. The summed E-state index contributed by atoms with van der Waals surface area (Å²) in [5.41, 5.74) is 1.42. The summed E-state index contributed by atoms with van der Waals surface area (Å²) in [6, 6.07) is 15.3. The molecule has 21 heavy (non-hydrogen) atoms. The Labute approximate surface area is 127 Å². The van der Waals surface area contributed by atoms with Gasteiger partial charge in [-0.3, -0.25) is 4.79 Å². The predicted molar refractivity (Wildman–Crippen MR) is 87.4 cm³/mol. The van der Waals surface area contributed by atoms with Crippen LogP contribution in [0.4, 0.5) is 0 Å². The lowest BCUT2D eigenvalue weighted by molar-refractivity contribution is -0.141. The third kappa shape index (κ3) is 5.58. The lowest BCUT2D eigenvalue weighted by Crippen LogP contribution is -2.00. The Kier molecular flexibility index (Phi) is 6.26. The van der Waals surface area contributed by atoms with Gasteiger partial charge in [0.15, 0.2) is 0 Å². The van der Waals surface area contributed by atoms with Crippen LogP contribution in [0.25, 0.3) is 10.8 Å². The topological polar surface area (TPSA) is 26.3 Å². The third-order valence-electron chi connectivity index (χ3n) is 3.73. The molecule has 2 heteroatoms. The number of carbonyl (C=O) groups is 1. The van der Waals surface area contributed by atoms with Gasteiger partial charge in [0.25, 0.3) is 0 Å². The molecule has 0 saturated heterocycles. The van der Waals surface area contributed by atoms with Crippen molar-refractivity contribution in [2.24, 2.45) is 0 Å². The molecule has 0 saturated carbocycles. The number of esters is 1. The summed E-state index contributed by atoms with van der Waals surface area (Å²) in [7, 11) is 0. The zero-order chi connectivity index (χ0) is 14.9. The number of benzene rings is 2. The normalized spacial score (nSPS) is 10.7. The molecule has 0 spiro atoms. The van der Waals surface area contributed by atoms with Crippen LogP contribution in [0, 0.1) is 0 Å². The number of aryl methyl sites for hydroxylation is 1. The largest absolute Gasteiger partial charge is 0.466 e. The predicted octanol–water partition coefficient (Wildman–Crippen LogP) is 4.90. The summed E-state index contributed by atoms with van der Waals surface area (Å²) in [4.78, 5) is 10.6. The molecule has 0 N–H and O–H groups in total. The molecule has 0 aliphatic carbocycles. The Hall–Kier alpha value is -1.83. The first-order valence-corrected chi connectivity index (χ1v) is 7.87. The molecule has 2 aromatic rings. The van der Waals surface area contributed by atoms with Gasteiger partial charge in [-0.2, -0.15) is 0 Å². The van der Waals surface area contributed by atoms with Gasteiger partial charge in [0.2, 0.25) is 0 Å². The second-order valence-corrected chi connectivity index (χ2v) is 5.54. The molecular weight excluding hydrogens is 260 g/mol. The summed E-state index contributed by atoms with van der Waals surface area (Å²) in [5, 5.41) is 2.64. The molecule has 2 aromatic carbocycles. The molecular formula is C19H24O2. The van der Waals surface area contributed by atoms with Crippen molar-refractivity contribution in [3.8, 4) is 0 Å².